The predicted octanol–water partition coefficient (Wildman–Crippen LogP) is 6.89. The molecule has 3 aromatic rings. The van der Waals surface area contributed by atoms with E-state index in [1.807, 2.05) is 13.8 Å². The Morgan fingerprint density at radius 2 is 1.63 bits per heavy atom. The van der Waals surface area contributed by atoms with Crippen LogP contribution in [0.2, 0.25) is 0 Å². The van der Waals surface area contributed by atoms with Gasteiger partial charge in [0.1, 0.15) is 0 Å². The quantitative estimate of drug-likeness (QED) is 0.271. The summed E-state index contributed by atoms with van der Waals surface area (Å²) in [4.78, 5) is 32.5. The summed E-state index contributed by atoms with van der Waals surface area (Å²) in [5.41, 5.74) is 3.08. The summed E-state index contributed by atoms with van der Waals surface area (Å²) in [5.74, 6) is -3.03. The summed E-state index contributed by atoms with van der Waals surface area (Å²) in [6, 6.07) is 3.46. The van der Waals surface area contributed by atoms with Crippen molar-refractivity contribution >= 4 is 17.5 Å². The van der Waals surface area contributed by atoms with Gasteiger partial charge in [0.25, 0.3) is 5.91 Å². The Balaban J connectivity index is 0.000000382. The highest BCUT2D eigenvalue weighted by Gasteiger charge is 2.30. The fourth-order valence-corrected chi connectivity index (χ4v) is 3.93. The van der Waals surface area contributed by atoms with Crippen molar-refractivity contribution in [2.24, 2.45) is 0 Å². The van der Waals surface area contributed by atoms with Crippen molar-refractivity contribution in [3.05, 3.63) is 59.3 Å². The van der Waals surface area contributed by atoms with E-state index in [2.05, 4.69) is 25.7 Å². The molecule has 2 fully saturated rings. The van der Waals surface area contributed by atoms with Crippen molar-refractivity contribution in [3.63, 3.8) is 0 Å². The number of imidazole rings is 1. The molecule has 0 unspecified atom stereocenters. The number of aromatic nitrogens is 4. The smallest absolute Gasteiger partial charge is 0.352 e. The number of rotatable bonds is 8. The minimum atomic E-state index is -4.37. The number of hydrogen-bond acceptors (Lipinski definition) is 5. The van der Waals surface area contributed by atoms with Gasteiger partial charge in [0.05, 0.1) is 36.6 Å². The molecular formula is C30H39F5N6O2. The molecule has 0 atom stereocenters. The molecule has 2 amide bonds. The van der Waals surface area contributed by atoms with Crippen LogP contribution in [0.5, 0.6) is 0 Å². The SMILES string of the molecule is C1CC1.CC(C)c1cncc(C(=O)NCc2cn3ncc(CNC(=O)CCC(F)(F)F)cc3n2)c1.FC1(F)CCCCC1. The largest absolute Gasteiger partial charge is 0.389 e. The number of amides is 2. The minimum absolute atomic E-state index is 0.0400. The van der Waals surface area contributed by atoms with Crippen molar-refractivity contribution in [1.82, 2.24) is 30.2 Å². The van der Waals surface area contributed by atoms with Gasteiger partial charge in [0, 0.05) is 38.2 Å². The highest BCUT2D eigenvalue weighted by Crippen LogP contribution is 2.32. The molecule has 2 N–H and O–H groups in total. The second kappa shape index (κ2) is 15.7. The van der Waals surface area contributed by atoms with Gasteiger partial charge in [0.2, 0.25) is 11.8 Å². The predicted molar refractivity (Wildman–Crippen MR) is 152 cm³/mol. The first-order valence-corrected chi connectivity index (χ1v) is 14.6. The van der Waals surface area contributed by atoms with E-state index in [0.29, 0.717) is 35.3 Å². The Hall–Kier alpha value is -3.64. The van der Waals surface area contributed by atoms with E-state index in [-0.39, 0.29) is 37.8 Å². The van der Waals surface area contributed by atoms with Crippen LogP contribution in [0, 0.1) is 0 Å². The molecule has 2 aliphatic rings. The third kappa shape index (κ3) is 13.0. The number of halogens is 5. The van der Waals surface area contributed by atoms with Gasteiger partial charge in [-0.1, -0.05) is 39.5 Å². The van der Waals surface area contributed by atoms with Crippen LogP contribution in [0.4, 0.5) is 22.0 Å². The molecule has 0 spiro atoms. The highest BCUT2D eigenvalue weighted by atomic mass is 19.4. The number of alkyl halides is 5. The number of carbonyl (C=O) groups excluding carboxylic acids is 2. The Labute approximate surface area is 247 Å². The Bertz CT molecular complexity index is 1330. The second-order valence-electron chi connectivity index (χ2n) is 11.1. The average molecular weight is 611 g/mol. The maximum Gasteiger partial charge on any atom is 0.389 e. The molecular weight excluding hydrogens is 571 g/mol. The van der Waals surface area contributed by atoms with E-state index in [1.54, 1.807) is 24.5 Å². The first kappa shape index (κ1) is 33.9. The first-order chi connectivity index (χ1) is 20.3. The lowest BCUT2D eigenvalue weighted by atomic mass is 9.97. The van der Waals surface area contributed by atoms with Gasteiger partial charge in [0.15, 0.2) is 5.65 Å². The summed E-state index contributed by atoms with van der Waals surface area (Å²) in [5, 5.41) is 9.41. The van der Waals surface area contributed by atoms with Crippen LogP contribution >= 0.6 is 0 Å². The van der Waals surface area contributed by atoms with E-state index >= 15 is 0 Å². The van der Waals surface area contributed by atoms with E-state index < -0.39 is 30.8 Å². The summed E-state index contributed by atoms with van der Waals surface area (Å²) in [7, 11) is 0. The van der Waals surface area contributed by atoms with Crippen LogP contribution in [0.1, 0.15) is 111 Å². The molecule has 2 saturated carbocycles. The molecule has 5 rings (SSSR count). The maximum absolute atomic E-state index is 12.4. The van der Waals surface area contributed by atoms with Crippen LogP contribution in [-0.2, 0) is 17.9 Å². The molecule has 236 valence electrons. The Morgan fingerprint density at radius 1 is 0.953 bits per heavy atom. The van der Waals surface area contributed by atoms with E-state index in [0.717, 1.165) is 12.0 Å². The number of pyridine rings is 1. The molecule has 0 radical (unpaired) electrons. The topological polar surface area (TPSA) is 101 Å². The van der Waals surface area contributed by atoms with E-state index in [4.69, 9.17) is 0 Å². The summed E-state index contributed by atoms with van der Waals surface area (Å²) in [6.07, 6.45) is 7.38. The summed E-state index contributed by atoms with van der Waals surface area (Å²) >= 11 is 0. The molecule has 0 aromatic carbocycles. The van der Waals surface area contributed by atoms with Gasteiger partial charge in [-0.05, 0) is 42.0 Å². The summed E-state index contributed by atoms with van der Waals surface area (Å²) < 4.78 is 62.5. The maximum atomic E-state index is 12.4. The van der Waals surface area contributed by atoms with Gasteiger partial charge in [-0.2, -0.15) is 18.3 Å². The highest BCUT2D eigenvalue weighted by molar-refractivity contribution is 5.94. The van der Waals surface area contributed by atoms with Gasteiger partial charge < -0.3 is 10.6 Å². The van der Waals surface area contributed by atoms with Crippen LogP contribution in [0.3, 0.4) is 0 Å². The molecule has 13 heteroatoms. The average Bonchev–Trinajstić information content (AvgIpc) is 3.79. The first-order valence-electron chi connectivity index (χ1n) is 14.6. The normalized spacial score (nSPS) is 15.5. The second-order valence-corrected chi connectivity index (χ2v) is 11.1. The number of nitrogens with one attached hydrogen (secondary N) is 2. The zero-order valence-corrected chi connectivity index (χ0v) is 24.5. The number of fused-ring (bicyclic) bond motifs is 1. The summed E-state index contributed by atoms with van der Waals surface area (Å²) in [6.45, 7) is 4.26. The molecule has 8 nitrogen and oxygen atoms in total. The van der Waals surface area contributed by atoms with Crippen molar-refractivity contribution in [2.75, 3.05) is 0 Å². The fraction of sp³-hybridized carbons (Fsp3) is 0.567. The Kier molecular flexibility index (Phi) is 12.4. The number of hydrogen-bond donors (Lipinski definition) is 2. The third-order valence-corrected chi connectivity index (χ3v) is 6.61. The zero-order chi connectivity index (χ0) is 31.5. The lowest BCUT2D eigenvalue weighted by molar-refractivity contribution is -0.144. The van der Waals surface area contributed by atoms with Gasteiger partial charge in [-0.15, -0.1) is 0 Å². The minimum Gasteiger partial charge on any atom is -0.352 e. The van der Waals surface area contributed by atoms with Crippen molar-refractivity contribution in [1.29, 1.82) is 0 Å². The van der Waals surface area contributed by atoms with Crippen molar-refractivity contribution < 1.29 is 31.5 Å². The molecule has 0 saturated heterocycles. The molecule has 43 heavy (non-hydrogen) atoms. The molecule has 0 aliphatic heterocycles. The molecule has 0 bridgehead atoms. The zero-order valence-electron chi connectivity index (χ0n) is 24.5. The van der Waals surface area contributed by atoms with Crippen LogP contribution in [0.25, 0.3) is 5.65 Å². The fourth-order valence-electron chi connectivity index (χ4n) is 3.93. The van der Waals surface area contributed by atoms with Crippen LogP contribution in [0.15, 0.2) is 36.9 Å². The monoisotopic (exact) mass is 610 g/mol. The number of carbonyl (C=O) groups is 2. The van der Waals surface area contributed by atoms with E-state index in [9.17, 15) is 31.5 Å². The van der Waals surface area contributed by atoms with Crippen LogP contribution in [-0.4, -0.2) is 43.5 Å². The molecule has 3 aromatic heterocycles. The lowest BCUT2D eigenvalue weighted by Crippen LogP contribution is -2.24. The van der Waals surface area contributed by atoms with Gasteiger partial charge in [-0.3, -0.25) is 14.6 Å². The van der Waals surface area contributed by atoms with E-state index in [1.165, 1.54) is 36.2 Å². The molecule has 2 aliphatic carbocycles. The number of nitrogens with zero attached hydrogens (tertiary/aromatic N) is 4. The van der Waals surface area contributed by atoms with Gasteiger partial charge >= 0.3 is 6.18 Å². The third-order valence-electron chi connectivity index (χ3n) is 6.61. The van der Waals surface area contributed by atoms with Gasteiger partial charge in [-0.25, -0.2) is 18.3 Å². The Morgan fingerprint density at radius 3 is 2.21 bits per heavy atom. The van der Waals surface area contributed by atoms with Crippen molar-refractivity contribution in [2.45, 2.75) is 109 Å². The standard InChI is InChI=1S/C21H23F3N6O2.C6H10F2.C3H6/c1-13(2)15-6-16(10-25-9-15)20(32)27-11-17-12-30-18(29-17)5-14(8-28-30)7-26-19(31)3-4-21(22,23)24;7-6(8)4-2-1-3-5-6;1-2-3-1/h5-6,8-10,12-13H,3-4,7,11H2,1-2H3,(H,26,31)(H,27,32);1-5H2;1-3H2. The van der Waals surface area contributed by atoms with Crippen LogP contribution < -0.4 is 10.6 Å². The lowest BCUT2D eigenvalue weighted by Gasteiger charge is -2.20. The molecule has 3 heterocycles. The van der Waals surface area contributed by atoms with Crippen molar-refractivity contribution in [3.8, 4) is 0 Å².